The third kappa shape index (κ3) is 3.31. The molecule has 21 heavy (non-hydrogen) atoms. The summed E-state index contributed by atoms with van der Waals surface area (Å²) in [4.78, 5) is 20.2. The largest absolute Gasteiger partial charge is 0.384 e. The summed E-state index contributed by atoms with van der Waals surface area (Å²) in [5, 5.41) is 3.55. The topological polar surface area (TPSA) is 80.9 Å². The number of hydrogen-bond acceptors (Lipinski definition) is 4. The maximum Gasteiger partial charge on any atom is 0.224 e. The van der Waals surface area contributed by atoms with Crippen molar-refractivity contribution >= 4 is 23.3 Å². The molecule has 0 radical (unpaired) electrons. The zero-order valence-electron chi connectivity index (χ0n) is 11.3. The SMILES string of the molecule is Nc1ccnc(CNC(=O)C2CC2c2cccc(Cl)c2)n1. The number of benzene rings is 1. The van der Waals surface area contributed by atoms with E-state index >= 15 is 0 Å². The first-order chi connectivity index (χ1) is 10.1. The van der Waals surface area contributed by atoms with Crippen LogP contribution in [0.2, 0.25) is 5.02 Å². The van der Waals surface area contributed by atoms with Gasteiger partial charge in [0.25, 0.3) is 0 Å². The second-order valence-electron chi connectivity index (χ2n) is 5.12. The van der Waals surface area contributed by atoms with Gasteiger partial charge in [0.05, 0.1) is 6.54 Å². The highest BCUT2D eigenvalue weighted by Gasteiger charge is 2.43. The molecule has 1 aliphatic rings. The summed E-state index contributed by atoms with van der Waals surface area (Å²) in [7, 11) is 0. The van der Waals surface area contributed by atoms with E-state index in [2.05, 4.69) is 15.3 Å². The lowest BCUT2D eigenvalue weighted by Crippen LogP contribution is -2.26. The molecule has 0 aliphatic heterocycles. The van der Waals surface area contributed by atoms with Crippen LogP contribution in [0, 0.1) is 5.92 Å². The molecule has 3 N–H and O–H groups in total. The number of nitrogens with two attached hydrogens (primary N) is 1. The fraction of sp³-hybridized carbons (Fsp3) is 0.267. The minimum Gasteiger partial charge on any atom is -0.384 e. The number of halogens is 1. The molecule has 1 aromatic heterocycles. The van der Waals surface area contributed by atoms with E-state index < -0.39 is 0 Å². The summed E-state index contributed by atoms with van der Waals surface area (Å²) in [5.74, 6) is 1.20. The first-order valence-corrected chi connectivity index (χ1v) is 7.12. The Bertz CT molecular complexity index is 676. The van der Waals surface area contributed by atoms with E-state index in [-0.39, 0.29) is 17.7 Å². The molecule has 2 unspecified atom stereocenters. The zero-order chi connectivity index (χ0) is 14.8. The van der Waals surface area contributed by atoms with Gasteiger partial charge in [-0.15, -0.1) is 0 Å². The monoisotopic (exact) mass is 302 g/mol. The van der Waals surface area contributed by atoms with E-state index in [1.54, 1.807) is 12.3 Å². The van der Waals surface area contributed by atoms with Crippen LogP contribution in [-0.4, -0.2) is 15.9 Å². The number of nitrogen functional groups attached to an aromatic ring is 1. The predicted molar refractivity (Wildman–Crippen MR) is 80.6 cm³/mol. The number of hydrogen-bond donors (Lipinski definition) is 2. The zero-order valence-corrected chi connectivity index (χ0v) is 12.0. The van der Waals surface area contributed by atoms with Crippen molar-refractivity contribution in [2.45, 2.75) is 18.9 Å². The highest BCUT2D eigenvalue weighted by atomic mass is 35.5. The minimum atomic E-state index is 0.00419. The van der Waals surface area contributed by atoms with E-state index in [1.165, 1.54) is 0 Å². The third-order valence-electron chi connectivity index (χ3n) is 3.55. The number of anilines is 1. The van der Waals surface area contributed by atoms with Crippen LogP contribution in [0.5, 0.6) is 0 Å². The van der Waals surface area contributed by atoms with Gasteiger partial charge in [0, 0.05) is 17.1 Å². The molecular formula is C15H15ClN4O. The number of nitrogens with one attached hydrogen (secondary N) is 1. The average Bonchev–Trinajstić information content (AvgIpc) is 3.25. The quantitative estimate of drug-likeness (QED) is 0.906. The van der Waals surface area contributed by atoms with Crippen LogP contribution in [0.15, 0.2) is 36.5 Å². The normalized spacial score (nSPS) is 20.0. The predicted octanol–water partition coefficient (Wildman–Crippen LogP) is 2.13. The Morgan fingerprint density at radius 2 is 2.29 bits per heavy atom. The van der Waals surface area contributed by atoms with Crippen LogP contribution in [0.1, 0.15) is 23.7 Å². The van der Waals surface area contributed by atoms with E-state index in [9.17, 15) is 4.79 Å². The van der Waals surface area contributed by atoms with E-state index in [1.807, 2.05) is 24.3 Å². The smallest absolute Gasteiger partial charge is 0.224 e. The molecule has 1 aromatic carbocycles. The van der Waals surface area contributed by atoms with Crippen molar-refractivity contribution < 1.29 is 4.79 Å². The Hall–Kier alpha value is -2.14. The van der Waals surface area contributed by atoms with Gasteiger partial charge in [-0.05, 0) is 36.1 Å². The average molecular weight is 303 g/mol. The Balaban J connectivity index is 1.56. The molecule has 0 spiro atoms. The van der Waals surface area contributed by atoms with Gasteiger partial charge in [-0.2, -0.15) is 0 Å². The highest BCUT2D eigenvalue weighted by molar-refractivity contribution is 6.30. The molecule has 108 valence electrons. The van der Waals surface area contributed by atoms with Crippen LogP contribution in [0.25, 0.3) is 0 Å². The molecule has 3 rings (SSSR count). The summed E-state index contributed by atoms with van der Waals surface area (Å²) < 4.78 is 0. The number of carbonyl (C=O) groups excluding carboxylic acids is 1. The molecule has 1 saturated carbocycles. The van der Waals surface area contributed by atoms with Crippen LogP contribution in [-0.2, 0) is 11.3 Å². The summed E-state index contributed by atoms with van der Waals surface area (Å²) in [6.07, 6.45) is 2.43. The fourth-order valence-electron chi connectivity index (χ4n) is 2.39. The molecule has 1 heterocycles. The molecule has 2 aromatic rings. The standard InChI is InChI=1S/C15H15ClN4O/c16-10-3-1-2-9(6-10)11-7-12(11)15(21)19-8-14-18-5-4-13(17)20-14/h1-6,11-12H,7-8H2,(H,19,21)(H2,17,18,20). The van der Waals surface area contributed by atoms with Crippen molar-refractivity contribution in [1.82, 2.24) is 15.3 Å². The van der Waals surface area contributed by atoms with E-state index in [0.717, 1.165) is 12.0 Å². The second kappa shape index (κ2) is 5.69. The lowest BCUT2D eigenvalue weighted by molar-refractivity contribution is -0.122. The van der Waals surface area contributed by atoms with Crippen LogP contribution < -0.4 is 11.1 Å². The van der Waals surface area contributed by atoms with Gasteiger partial charge in [0.1, 0.15) is 11.6 Å². The van der Waals surface area contributed by atoms with Crippen molar-refractivity contribution in [2.75, 3.05) is 5.73 Å². The maximum absolute atomic E-state index is 12.1. The number of carbonyl (C=O) groups is 1. The third-order valence-corrected chi connectivity index (χ3v) is 3.79. The van der Waals surface area contributed by atoms with Crippen molar-refractivity contribution in [3.63, 3.8) is 0 Å². The van der Waals surface area contributed by atoms with Gasteiger partial charge < -0.3 is 11.1 Å². The number of nitrogens with zero attached hydrogens (tertiary/aromatic N) is 2. The number of rotatable bonds is 4. The van der Waals surface area contributed by atoms with Crippen LogP contribution in [0.4, 0.5) is 5.82 Å². The molecule has 6 heteroatoms. The highest BCUT2D eigenvalue weighted by Crippen LogP contribution is 2.47. The van der Waals surface area contributed by atoms with Gasteiger partial charge in [0.15, 0.2) is 0 Å². The molecule has 2 atom stereocenters. The van der Waals surface area contributed by atoms with Gasteiger partial charge >= 0.3 is 0 Å². The fourth-order valence-corrected chi connectivity index (χ4v) is 2.59. The molecule has 0 bridgehead atoms. The molecule has 0 saturated heterocycles. The molecular weight excluding hydrogens is 288 g/mol. The van der Waals surface area contributed by atoms with E-state index in [0.29, 0.717) is 23.2 Å². The van der Waals surface area contributed by atoms with Crippen molar-refractivity contribution in [3.05, 3.63) is 52.9 Å². The van der Waals surface area contributed by atoms with Crippen LogP contribution in [0.3, 0.4) is 0 Å². The summed E-state index contributed by atoms with van der Waals surface area (Å²) in [6, 6.07) is 9.28. The summed E-state index contributed by atoms with van der Waals surface area (Å²) in [6.45, 7) is 0.294. The number of aromatic nitrogens is 2. The molecule has 5 nitrogen and oxygen atoms in total. The molecule has 1 amide bonds. The lowest BCUT2D eigenvalue weighted by Gasteiger charge is -2.05. The van der Waals surface area contributed by atoms with Gasteiger partial charge in [-0.3, -0.25) is 4.79 Å². The van der Waals surface area contributed by atoms with E-state index in [4.69, 9.17) is 17.3 Å². The van der Waals surface area contributed by atoms with Gasteiger partial charge in [-0.1, -0.05) is 23.7 Å². The Morgan fingerprint density at radius 1 is 1.43 bits per heavy atom. The Morgan fingerprint density at radius 3 is 3.05 bits per heavy atom. The van der Waals surface area contributed by atoms with Gasteiger partial charge in [-0.25, -0.2) is 9.97 Å². The van der Waals surface area contributed by atoms with Crippen molar-refractivity contribution in [3.8, 4) is 0 Å². The Labute approximate surface area is 127 Å². The first kappa shape index (κ1) is 13.8. The maximum atomic E-state index is 12.1. The summed E-state index contributed by atoms with van der Waals surface area (Å²) >= 11 is 5.97. The van der Waals surface area contributed by atoms with Crippen molar-refractivity contribution in [1.29, 1.82) is 0 Å². The van der Waals surface area contributed by atoms with Crippen molar-refractivity contribution in [2.24, 2.45) is 5.92 Å². The summed E-state index contributed by atoms with van der Waals surface area (Å²) in [5.41, 5.74) is 6.69. The number of amides is 1. The molecule has 1 fully saturated rings. The Kier molecular flexibility index (Phi) is 3.75. The van der Waals surface area contributed by atoms with Crippen LogP contribution >= 0.6 is 11.6 Å². The minimum absolute atomic E-state index is 0.00419. The lowest BCUT2D eigenvalue weighted by atomic mass is 10.1. The first-order valence-electron chi connectivity index (χ1n) is 6.74. The van der Waals surface area contributed by atoms with Gasteiger partial charge in [0.2, 0.25) is 5.91 Å². The molecule has 1 aliphatic carbocycles. The second-order valence-corrected chi connectivity index (χ2v) is 5.56.